The van der Waals surface area contributed by atoms with Crippen LogP contribution in [0, 0.1) is 0 Å². The second-order valence-electron chi connectivity index (χ2n) is 10.0. The maximum absolute atomic E-state index is 6.22. The van der Waals surface area contributed by atoms with Crippen molar-refractivity contribution in [3.05, 3.63) is 153 Å². The topological polar surface area (TPSA) is 77.3 Å². The average molecular weight is 759 g/mol. The predicted octanol–water partition coefficient (Wildman–Crippen LogP) is 11.6. The molecule has 0 amide bonds. The first-order valence-corrected chi connectivity index (χ1v) is 16.4. The van der Waals surface area contributed by atoms with Crippen LogP contribution in [0.4, 0.5) is 0 Å². The van der Waals surface area contributed by atoms with E-state index in [4.69, 9.17) is 46.4 Å². The van der Waals surface area contributed by atoms with Crippen LogP contribution in [0.2, 0.25) is 21.1 Å². The van der Waals surface area contributed by atoms with Gasteiger partial charge in [0, 0.05) is 15.6 Å². The van der Waals surface area contributed by atoms with E-state index < -0.39 is 0 Å². The standard InChI is InChI=1S/C23H14ClN3.C10H7Br.C3Cl3N3/c24-23-26-21(19-11-9-15-5-1-3-7-17(15)13-19)25-22(27-23)20-12-10-16-6-2-4-8-18(16)14-20;11-10-6-5-8-3-1-2-4-9(8)7-10;4-1-7-2(5)9-3(6)8-1/h1-14H;1-7H;. The van der Waals surface area contributed by atoms with E-state index >= 15 is 0 Å². The van der Waals surface area contributed by atoms with Crippen LogP contribution in [0.25, 0.3) is 55.1 Å². The molecule has 11 heteroatoms. The second-order valence-corrected chi connectivity index (χ2v) is 12.3. The molecule has 8 aromatic rings. The molecule has 0 saturated carbocycles. The summed E-state index contributed by atoms with van der Waals surface area (Å²) in [6.07, 6.45) is 0. The van der Waals surface area contributed by atoms with Crippen LogP contribution in [0.15, 0.2) is 132 Å². The highest BCUT2D eigenvalue weighted by Gasteiger charge is 2.10. The Balaban J connectivity index is 0.000000157. The Morgan fingerprint density at radius 3 is 1.11 bits per heavy atom. The lowest BCUT2D eigenvalue weighted by Gasteiger charge is -2.07. The Hall–Kier alpha value is -4.24. The number of fused-ring (bicyclic) bond motifs is 3. The van der Waals surface area contributed by atoms with Crippen molar-refractivity contribution in [3.63, 3.8) is 0 Å². The molecule has 0 radical (unpaired) electrons. The average Bonchev–Trinajstić information content (AvgIpc) is 3.07. The first-order chi connectivity index (χ1) is 22.8. The molecule has 0 bridgehead atoms. The number of hydrogen-bond acceptors (Lipinski definition) is 6. The van der Waals surface area contributed by atoms with Crippen molar-refractivity contribution < 1.29 is 0 Å². The molecule has 0 fully saturated rings. The van der Waals surface area contributed by atoms with Gasteiger partial charge in [0.2, 0.25) is 21.1 Å². The van der Waals surface area contributed by atoms with Crippen molar-refractivity contribution >= 4 is 94.7 Å². The van der Waals surface area contributed by atoms with Gasteiger partial charge in [-0.25, -0.2) is 4.98 Å². The number of aromatic nitrogens is 6. The van der Waals surface area contributed by atoms with Crippen LogP contribution < -0.4 is 0 Å². The molecular formula is C36H21BrCl4N6. The van der Waals surface area contributed by atoms with Gasteiger partial charge in [0.1, 0.15) is 0 Å². The van der Waals surface area contributed by atoms with E-state index in [9.17, 15) is 0 Å². The van der Waals surface area contributed by atoms with E-state index in [0.29, 0.717) is 11.6 Å². The monoisotopic (exact) mass is 756 g/mol. The molecule has 0 aliphatic rings. The van der Waals surface area contributed by atoms with Gasteiger partial charge in [0.25, 0.3) is 0 Å². The highest BCUT2D eigenvalue weighted by atomic mass is 79.9. The van der Waals surface area contributed by atoms with Crippen molar-refractivity contribution in [2.75, 3.05) is 0 Å². The van der Waals surface area contributed by atoms with E-state index in [2.05, 4.69) is 137 Å². The summed E-state index contributed by atoms with van der Waals surface area (Å²) in [5, 5.41) is 7.39. The molecule has 0 saturated heterocycles. The van der Waals surface area contributed by atoms with Gasteiger partial charge in [-0.05, 0) is 103 Å². The number of benzene rings is 6. The van der Waals surface area contributed by atoms with Gasteiger partial charge < -0.3 is 0 Å². The minimum Gasteiger partial charge on any atom is -0.208 e. The zero-order chi connectivity index (χ0) is 32.8. The van der Waals surface area contributed by atoms with E-state index in [1.807, 2.05) is 36.4 Å². The molecule has 47 heavy (non-hydrogen) atoms. The summed E-state index contributed by atoms with van der Waals surface area (Å²) in [6, 6.07) is 43.3. The summed E-state index contributed by atoms with van der Waals surface area (Å²) >= 11 is 25.6. The fraction of sp³-hybridized carbons (Fsp3) is 0. The molecule has 230 valence electrons. The summed E-state index contributed by atoms with van der Waals surface area (Å²) in [6.45, 7) is 0. The molecule has 6 nitrogen and oxygen atoms in total. The van der Waals surface area contributed by atoms with Crippen LogP contribution in [-0.2, 0) is 0 Å². The van der Waals surface area contributed by atoms with Crippen molar-refractivity contribution in [1.82, 2.24) is 29.9 Å². The third-order valence-corrected chi connectivity index (χ3v) is 8.06. The quantitative estimate of drug-likeness (QED) is 0.175. The van der Waals surface area contributed by atoms with Gasteiger partial charge in [0.05, 0.1) is 0 Å². The zero-order valence-electron chi connectivity index (χ0n) is 24.2. The first-order valence-electron chi connectivity index (χ1n) is 14.1. The van der Waals surface area contributed by atoms with Crippen LogP contribution >= 0.6 is 62.3 Å². The predicted molar refractivity (Wildman–Crippen MR) is 197 cm³/mol. The van der Waals surface area contributed by atoms with Crippen LogP contribution in [-0.4, -0.2) is 29.9 Å². The van der Waals surface area contributed by atoms with E-state index in [1.165, 1.54) is 21.5 Å². The molecule has 0 spiro atoms. The van der Waals surface area contributed by atoms with Crippen molar-refractivity contribution in [2.24, 2.45) is 0 Å². The molecule has 8 rings (SSSR count). The lowest BCUT2D eigenvalue weighted by Crippen LogP contribution is -1.97. The van der Waals surface area contributed by atoms with Gasteiger partial charge in [0.15, 0.2) is 11.6 Å². The number of halogens is 5. The molecule has 6 aromatic carbocycles. The van der Waals surface area contributed by atoms with Crippen LogP contribution in [0.5, 0.6) is 0 Å². The minimum absolute atomic E-state index is 0.000000000000000444. The maximum Gasteiger partial charge on any atom is 0.227 e. The molecule has 0 N–H and O–H groups in total. The fourth-order valence-corrected chi connectivity index (χ4v) is 5.88. The van der Waals surface area contributed by atoms with Crippen LogP contribution in [0.3, 0.4) is 0 Å². The Morgan fingerprint density at radius 2 is 0.681 bits per heavy atom. The smallest absolute Gasteiger partial charge is 0.208 e. The van der Waals surface area contributed by atoms with Crippen molar-refractivity contribution in [3.8, 4) is 22.8 Å². The molecule has 0 atom stereocenters. The summed E-state index contributed by atoms with van der Waals surface area (Å²) < 4.78 is 1.14. The van der Waals surface area contributed by atoms with Crippen molar-refractivity contribution in [1.29, 1.82) is 0 Å². The highest BCUT2D eigenvalue weighted by Crippen LogP contribution is 2.27. The SMILES string of the molecule is Brc1ccc2ccccc2c1.Clc1nc(-c2ccc3ccccc3c2)nc(-c2ccc3ccccc3c2)n1.Clc1nc(Cl)nc(Cl)n1. The Morgan fingerprint density at radius 1 is 0.340 bits per heavy atom. The Labute approximate surface area is 298 Å². The minimum atomic E-state index is 0.000000000000000444. The lowest BCUT2D eigenvalue weighted by molar-refractivity contribution is 1.05. The molecule has 0 aliphatic carbocycles. The molecule has 0 unspecified atom stereocenters. The second kappa shape index (κ2) is 15.1. The highest BCUT2D eigenvalue weighted by molar-refractivity contribution is 9.10. The zero-order valence-corrected chi connectivity index (χ0v) is 28.8. The molecular weight excluding hydrogens is 738 g/mol. The molecule has 0 aliphatic heterocycles. The van der Waals surface area contributed by atoms with Gasteiger partial charge in [-0.2, -0.15) is 24.9 Å². The summed E-state index contributed by atoms with van der Waals surface area (Å²) in [5.74, 6) is 1.15. The Bertz CT molecular complexity index is 2210. The van der Waals surface area contributed by atoms with Gasteiger partial charge in [-0.15, -0.1) is 0 Å². The van der Waals surface area contributed by atoms with Gasteiger partial charge >= 0.3 is 0 Å². The van der Waals surface area contributed by atoms with Gasteiger partial charge in [-0.3, -0.25) is 0 Å². The lowest BCUT2D eigenvalue weighted by atomic mass is 10.1. The fourth-order valence-electron chi connectivity index (χ4n) is 4.73. The third kappa shape index (κ3) is 8.57. The van der Waals surface area contributed by atoms with Gasteiger partial charge in [-0.1, -0.05) is 119 Å². The van der Waals surface area contributed by atoms with E-state index in [1.54, 1.807) is 0 Å². The van der Waals surface area contributed by atoms with E-state index in [0.717, 1.165) is 26.4 Å². The number of nitrogens with zero attached hydrogens (tertiary/aromatic N) is 6. The summed E-state index contributed by atoms with van der Waals surface area (Å²) in [5.41, 5.74) is 1.83. The largest absolute Gasteiger partial charge is 0.227 e. The first kappa shape index (κ1) is 32.7. The van der Waals surface area contributed by atoms with E-state index in [-0.39, 0.29) is 21.1 Å². The normalized spacial score (nSPS) is 10.7. The Kier molecular flexibility index (Phi) is 10.5. The number of rotatable bonds is 2. The maximum atomic E-state index is 6.22. The summed E-state index contributed by atoms with van der Waals surface area (Å²) in [7, 11) is 0. The number of hydrogen-bond donors (Lipinski definition) is 0. The molecule has 2 heterocycles. The van der Waals surface area contributed by atoms with Crippen molar-refractivity contribution in [2.45, 2.75) is 0 Å². The van der Waals surface area contributed by atoms with Crippen LogP contribution in [0.1, 0.15) is 0 Å². The molecule has 2 aromatic heterocycles. The summed E-state index contributed by atoms with van der Waals surface area (Å²) in [4.78, 5) is 23.7. The third-order valence-electron chi connectivity index (χ3n) is 6.89.